The average molecular weight is 295 g/mol. The normalized spacial score (nSPS) is 13.6. The minimum atomic E-state index is -0.922. The van der Waals surface area contributed by atoms with Crippen molar-refractivity contribution < 1.29 is 4.79 Å². The number of carbonyl (C=O) groups is 1. The molecule has 0 aliphatic heterocycles. The van der Waals surface area contributed by atoms with Crippen molar-refractivity contribution in [1.82, 2.24) is 15.3 Å². The topological polar surface area (TPSA) is 125 Å². The van der Waals surface area contributed by atoms with Crippen molar-refractivity contribution in [3.8, 4) is 6.07 Å². The molecule has 0 fully saturated rings. The monoisotopic (exact) mass is 295 g/mol. The Morgan fingerprint density at radius 2 is 2.35 bits per heavy atom. The van der Waals surface area contributed by atoms with E-state index in [2.05, 4.69) is 21.4 Å². The van der Waals surface area contributed by atoms with Gasteiger partial charge in [0.05, 0.1) is 11.8 Å². The van der Waals surface area contributed by atoms with Crippen LogP contribution in [-0.4, -0.2) is 27.2 Å². The molecule has 0 saturated heterocycles. The summed E-state index contributed by atoms with van der Waals surface area (Å²) >= 11 is 1.05. The zero-order valence-electron chi connectivity index (χ0n) is 11.6. The zero-order valence-corrected chi connectivity index (χ0v) is 12.4. The van der Waals surface area contributed by atoms with E-state index < -0.39 is 5.54 Å². The fraction of sp³-hybridized carbons (Fsp3) is 0.500. The third-order valence-electron chi connectivity index (χ3n) is 2.87. The minimum absolute atomic E-state index is 0.0215. The fourth-order valence-electron chi connectivity index (χ4n) is 1.28. The van der Waals surface area contributed by atoms with Gasteiger partial charge in [-0.3, -0.25) is 9.59 Å². The lowest BCUT2D eigenvalue weighted by molar-refractivity contribution is -0.120. The number of amides is 1. The molecule has 0 aliphatic carbocycles. The van der Waals surface area contributed by atoms with E-state index in [4.69, 9.17) is 11.0 Å². The third kappa shape index (κ3) is 4.28. The number of H-pyrrole nitrogens is 1. The van der Waals surface area contributed by atoms with E-state index in [1.807, 2.05) is 13.8 Å². The second-order valence-corrected chi connectivity index (χ2v) is 5.75. The molecule has 8 heteroatoms. The predicted octanol–water partition coefficient (Wildman–Crippen LogP) is 0.499. The van der Waals surface area contributed by atoms with Crippen LogP contribution in [0.3, 0.4) is 0 Å². The van der Waals surface area contributed by atoms with Crippen molar-refractivity contribution in [3.05, 3.63) is 16.4 Å². The Bertz CT molecular complexity index is 592. The maximum atomic E-state index is 11.8. The molecule has 0 spiro atoms. The molecule has 1 aromatic rings. The summed E-state index contributed by atoms with van der Waals surface area (Å²) in [5.74, 6) is -0.193. The highest BCUT2D eigenvalue weighted by molar-refractivity contribution is 7.99. The number of anilines is 1. The molecule has 0 aromatic carbocycles. The quantitative estimate of drug-likeness (QED) is 0.536. The maximum Gasteiger partial charge on any atom is 0.253 e. The summed E-state index contributed by atoms with van der Waals surface area (Å²) in [5, 5.41) is 12.1. The Labute approximate surface area is 121 Å². The minimum Gasteiger partial charge on any atom is -0.383 e. The van der Waals surface area contributed by atoms with Gasteiger partial charge in [-0.15, -0.1) is 0 Å². The van der Waals surface area contributed by atoms with Crippen LogP contribution in [0.2, 0.25) is 0 Å². The summed E-state index contributed by atoms with van der Waals surface area (Å²) in [4.78, 5) is 29.4. The van der Waals surface area contributed by atoms with Crippen LogP contribution in [0, 0.1) is 17.2 Å². The van der Waals surface area contributed by atoms with Gasteiger partial charge in [0.15, 0.2) is 5.16 Å². The van der Waals surface area contributed by atoms with Crippen LogP contribution in [0.25, 0.3) is 0 Å². The Morgan fingerprint density at radius 1 is 1.70 bits per heavy atom. The van der Waals surface area contributed by atoms with E-state index in [1.54, 1.807) is 6.92 Å². The number of aromatic amines is 1. The molecule has 1 amide bonds. The second kappa shape index (κ2) is 6.43. The number of nitrogens with one attached hydrogen (secondary N) is 2. The van der Waals surface area contributed by atoms with Crippen molar-refractivity contribution in [2.75, 3.05) is 11.5 Å². The van der Waals surface area contributed by atoms with Gasteiger partial charge in [-0.05, 0) is 12.8 Å². The molecule has 20 heavy (non-hydrogen) atoms. The van der Waals surface area contributed by atoms with Crippen molar-refractivity contribution in [2.45, 2.75) is 31.5 Å². The van der Waals surface area contributed by atoms with Gasteiger partial charge >= 0.3 is 0 Å². The number of hydrogen-bond donors (Lipinski definition) is 3. The molecule has 0 unspecified atom stereocenters. The van der Waals surface area contributed by atoms with Crippen LogP contribution < -0.4 is 16.6 Å². The Balaban J connectivity index is 2.64. The van der Waals surface area contributed by atoms with Gasteiger partial charge in [0.1, 0.15) is 11.4 Å². The first-order valence-corrected chi connectivity index (χ1v) is 6.97. The molecule has 1 heterocycles. The Kier molecular flexibility index (Phi) is 5.16. The van der Waals surface area contributed by atoms with Crippen LogP contribution in [-0.2, 0) is 4.79 Å². The fourth-order valence-corrected chi connectivity index (χ4v) is 1.97. The van der Waals surface area contributed by atoms with Crippen molar-refractivity contribution in [1.29, 1.82) is 5.26 Å². The lowest BCUT2D eigenvalue weighted by Gasteiger charge is -2.27. The highest BCUT2D eigenvalue weighted by atomic mass is 32.2. The van der Waals surface area contributed by atoms with Crippen LogP contribution in [0.15, 0.2) is 16.0 Å². The van der Waals surface area contributed by atoms with Gasteiger partial charge in [0.2, 0.25) is 5.91 Å². The Morgan fingerprint density at radius 3 is 2.85 bits per heavy atom. The first-order valence-electron chi connectivity index (χ1n) is 5.98. The highest BCUT2D eigenvalue weighted by Gasteiger charge is 2.29. The lowest BCUT2D eigenvalue weighted by Crippen LogP contribution is -2.49. The van der Waals surface area contributed by atoms with Crippen molar-refractivity contribution in [2.24, 2.45) is 5.92 Å². The largest absolute Gasteiger partial charge is 0.383 e. The molecule has 0 saturated carbocycles. The zero-order chi connectivity index (χ0) is 15.3. The van der Waals surface area contributed by atoms with Crippen LogP contribution in [0.1, 0.15) is 20.8 Å². The molecule has 7 nitrogen and oxygen atoms in total. The summed E-state index contributed by atoms with van der Waals surface area (Å²) in [5.41, 5.74) is 4.15. The molecule has 1 rings (SSSR count). The van der Waals surface area contributed by atoms with E-state index in [1.165, 1.54) is 0 Å². The van der Waals surface area contributed by atoms with Crippen LogP contribution in [0.5, 0.6) is 0 Å². The summed E-state index contributed by atoms with van der Waals surface area (Å²) in [6, 6.07) is 3.25. The van der Waals surface area contributed by atoms with Crippen molar-refractivity contribution in [3.63, 3.8) is 0 Å². The number of carbonyl (C=O) groups excluding carboxylic acids is 1. The number of nitrogen functional groups attached to an aromatic ring is 1. The van der Waals surface area contributed by atoms with E-state index >= 15 is 0 Å². The number of nitriles is 1. The molecule has 1 atom stereocenters. The van der Waals surface area contributed by atoms with Gasteiger partial charge in [-0.25, -0.2) is 4.98 Å². The molecule has 4 N–H and O–H groups in total. The summed E-state index contributed by atoms with van der Waals surface area (Å²) in [6.07, 6.45) is 0. The highest BCUT2D eigenvalue weighted by Crippen LogP contribution is 2.16. The number of aromatic nitrogens is 2. The van der Waals surface area contributed by atoms with Gasteiger partial charge < -0.3 is 16.0 Å². The van der Waals surface area contributed by atoms with Gasteiger partial charge in [0.25, 0.3) is 5.56 Å². The average Bonchev–Trinajstić information content (AvgIpc) is 2.35. The van der Waals surface area contributed by atoms with Crippen molar-refractivity contribution >= 4 is 23.5 Å². The van der Waals surface area contributed by atoms with Crippen LogP contribution in [0.4, 0.5) is 5.82 Å². The Hall–Kier alpha value is -2.01. The molecule has 108 valence electrons. The molecular weight excluding hydrogens is 278 g/mol. The predicted molar refractivity (Wildman–Crippen MR) is 77.0 cm³/mol. The van der Waals surface area contributed by atoms with E-state index in [9.17, 15) is 9.59 Å². The number of nitrogens with zero attached hydrogens (tertiary/aromatic N) is 2. The standard InChI is InChI=1S/C12H17N5O2S/c1-7(2)12(3,6-13)17-10(19)5-20-11-15-8(14)4-9(18)16-11/h4,7H,5H2,1-3H3,(H,17,19)(H3,14,15,16,18)/t12-/m1/s1. The number of nitrogens with two attached hydrogens (primary N) is 1. The van der Waals surface area contributed by atoms with Gasteiger partial charge in [-0.1, -0.05) is 25.6 Å². The maximum absolute atomic E-state index is 11.8. The van der Waals surface area contributed by atoms with E-state index in [0.717, 1.165) is 17.8 Å². The van der Waals surface area contributed by atoms with Crippen LogP contribution >= 0.6 is 11.8 Å². The summed E-state index contributed by atoms with van der Waals surface area (Å²) in [6.45, 7) is 5.38. The first-order chi connectivity index (χ1) is 9.26. The molecule has 1 aromatic heterocycles. The van der Waals surface area contributed by atoms with Gasteiger partial charge in [-0.2, -0.15) is 5.26 Å². The smallest absolute Gasteiger partial charge is 0.253 e. The number of rotatable bonds is 5. The lowest BCUT2D eigenvalue weighted by atomic mass is 9.90. The van der Waals surface area contributed by atoms with E-state index in [-0.39, 0.29) is 34.1 Å². The molecule has 0 radical (unpaired) electrons. The summed E-state index contributed by atoms with van der Waals surface area (Å²) in [7, 11) is 0. The van der Waals surface area contributed by atoms with E-state index in [0.29, 0.717) is 0 Å². The number of hydrogen-bond acceptors (Lipinski definition) is 6. The molecule has 0 bridgehead atoms. The molecule has 0 aliphatic rings. The SMILES string of the molecule is CC(C)[C@@](C)(C#N)NC(=O)CSc1nc(N)cc(=O)[nH]1. The second-order valence-electron chi connectivity index (χ2n) is 4.78. The van der Waals surface area contributed by atoms with Gasteiger partial charge in [0, 0.05) is 6.07 Å². The number of thioether (sulfide) groups is 1. The molecular formula is C12H17N5O2S. The first kappa shape index (κ1) is 16.0. The third-order valence-corrected chi connectivity index (χ3v) is 3.74. The summed E-state index contributed by atoms with van der Waals surface area (Å²) < 4.78 is 0.